The normalized spacial score (nSPS) is 25.7. The molecule has 2 rings (SSSR count). The molecule has 0 bridgehead atoms. The van der Waals surface area contributed by atoms with Crippen LogP contribution < -0.4 is 0 Å². The molecule has 0 atom stereocenters. The van der Waals surface area contributed by atoms with Gasteiger partial charge in [-0.2, -0.15) is 0 Å². The number of Topliss-reactive ketones (excluding diaryl/α,β-unsaturated/α-hetero) is 1. The van der Waals surface area contributed by atoms with Gasteiger partial charge in [0.05, 0.1) is 0 Å². The van der Waals surface area contributed by atoms with Gasteiger partial charge in [-0.25, -0.2) is 0 Å². The minimum atomic E-state index is -1.36. The van der Waals surface area contributed by atoms with Crippen LogP contribution in [-0.4, -0.2) is 23.5 Å². The molecule has 5 heteroatoms. The van der Waals surface area contributed by atoms with Gasteiger partial charge in [0.15, 0.2) is 5.78 Å². The first-order valence-electron chi connectivity index (χ1n) is 4.90. The Balaban J connectivity index is 2.15. The van der Waals surface area contributed by atoms with Crippen molar-refractivity contribution >= 4 is 17.7 Å². The van der Waals surface area contributed by atoms with Gasteiger partial charge in [0.25, 0.3) is 5.79 Å². The van der Waals surface area contributed by atoms with Gasteiger partial charge in [0.1, 0.15) is 0 Å². The molecule has 0 spiro atoms. The molecular formula is C10H12O5. The first-order chi connectivity index (χ1) is 6.91. The summed E-state index contributed by atoms with van der Waals surface area (Å²) in [6, 6.07) is 0. The van der Waals surface area contributed by atoms with Gasteiger partial charge in [0.2, 0.25) is 5.92 Å². The van der Waals surface area contributed by atoms with E-state index in [0.29, 0.717) is 0 Å². The Labute approximate surface area is 86.7 Å². The molecule has 0 aromatic rings. The Morgan fingerprint density at radius 3 is 2.07 bits per heavy atom. The first-order valence-corrected chi connectivity index (χ1v) is 4.90. The van der Waals surface area contributed by atoms with Crippen molar-refractivity contribution in [3.05, 3.63) is 0 Å². The van der Waals surface area contributed by atoms with Crippen LogP contribution in [0.25, 0.3) is 0 Å². The second-order valence-corrected chi connectivity index (χ2v) is 4.35. The standard InChI is InChI=1S/C10H12O5/c1-10(2)14-8(12)6(9(13)15-10)7(11)5-3-4-5/h5-6H,3-4H2,1-2H3. The van der Waals surface area contributed by atoms with E-state index >= 15 is 0 Å². The van der Waals surface area contributed by atoms with Crippen molar-refractivity contribution in [1.29, 1.82) is 0 Å². The molecule has 1 aliphatic heterocycles. The zero-order valence-electron chi connectivity index (χ0n) is 8.61. The first kappa shape index (κ1) is 10.1. The Hall–Kier alpha value is -1.39. The molecule has 1 saturated heterocycles. The number of ether oxygens (including phenoxy) is 2. The number of hydrogen-bond acceptors (Lipinski definition) is 5. The zero-order chi connectivity index (χ0) is 11.2. The SMILES string of the molecule is CC1(C)OC(=O)C(C(=O)C2CC2)C(=O)O1. The zero-order valence-corrected chi connectivity index (χ0v) is 8.61. The number of carbonyl (C=O) groups is 3. The predicted molar refractivity (Wildman–Crippen MR) is 47.5 cm³/mol. The van der Waals surface area contributed by atoms with Gasteiger partial charge in [-0.1, -0.05) is 0 Å². The Bertz CT molecular complexity index is 320. The summed E-state index contributed by atoms with van der Waals surface area (Å²) >= 11 is 0. The number of carbonyl (C=O) groups excluding carboxylic acids is 3. The highest BCUT2D eigenvalue weighted by atomic mass is 16.7. The molecule has 2 fully saturated rings. The van der Waals surface area contributed by atoms with Crippen LogP contribution in [0.1, 0.15) is 26.7 Å². The van der Waals surface area contributed by atoms with Gasteiger partial charge in [-0.3, -0.25) is 14.4 Å². The van der Waals surface area contributed by atoms with E-state index in [1.807, 2.05) is 0 Å². The monoisotopic (exact) mass is 212 g/mol. The summed E-state index contributed by atoms with van der Waals surface area (Å²) < 4.78 is 9.71. The summed E-state index contributed by atoms with van der Waals surface area (Å²) in [5, 5.41) is 0. The van der Waals surface area contributed by atoms with Crippen LogP contribution in [0.2, 0.25) is 0 Å². The maximum absolute atomic E-state index is 11.6. The summed E-state index contributed by atoms with van der Waals surface area (Å²) in [7, 11) is 0. The van der Waals surface area contributed by atoms with Crippen molar-refractivity contribution < 1.29 is 23.9 Å². The lowest BCUT2D eigenvalue weighted by atomic mass is 9.99. The van der Waals surface area contributed by atoms with Gasteiger partial charge in [-0.15, -0.1) is 0 Å². The van der Waals surface area contributed by atoms with Crippen molar-refractivity contribution in [2.45, 2.75) is 32.5 Å². The van der Waals surface area contributed by atoms with Crippen LogP contribution in [-0.2, 0) is 23.9 Å². The number of cyclic esters (lactones) is 2. The topological polar surface area (TPSA) is 69.7 Å². The summed E-state index contributed by atoms with van der Waals surface area (Å²) in [4.78, 5) is 34.5. The molecule has 0 radical (unpaired) electrons. The average Bonchev–Trinajstić information content (AvgIpc) is 2.80. The average molecular weight is 212 g/mol. The van der Waals surface area contributed by atoms with E-state index in [2.05, 4.69) is 0 Å². The van der Waals surface area contributed by atoms with Crippen LogP contribution in [0.5, 0.6) is 0 Å². The maximum atomic E-state index is 11.6. The summed E-state index contributed by atoms with van der Waals surface area (Å²) in [5.41, 5.74) is 0. The molecule has 0 aromatic carbocycles. The van der Waals surface area contributed by atoms with Crippen molar-refractivity contribution in [1.82, 2.24) is 0 Å². The molecule has 0 unspecified atom stereocenters. The Morgan fingerprint density at radius 1 is 1.20 bits per heavy atom. The van der Waals surface area contributed by atoms with E-state index in [4.69, 9.17) is 9.47 Å². The minimum Gasteiger partial charge on any atom is -0.422 e. The summed E-state index contributed by atoms with van der Waals surface area (Å²) in [5.74, 6) is -4.70. The van der Waals surface area contributed by atoms with E-state index in [-0.39, 0.29) is 11.7 Å². The van der Waals surface area contributed by atoms with Gasteiger partial charge in [0, 0.05) is 19.8 Å². The summed E-state index contributed by atoms with van der Waals surface area (Å²) in [6.45, 7) is 2.92. The van der Waals surface area contributed by atoms with E-state index in [0.717, 1.165) is 12.8 Å². The fourth-order valence-corrected chi connectivity index (χ4v) is 1.56. The molecule has 0 aromatic heterocycles. The lowest BCUT2D eigenvalue weighted by Crippen LogP contribution is -2.49. The maximum Gasteiger partial charge on any atom is 0.331 e. The minimum absolute atomic E-state index is 0.156. The molecule has 15 heavy (non-hydrogen) atoms. The molecule has 2 aliphatic rings. The van der Waals surface area contributed by atoms with Crippen molar-refractivity contribution in [2.24, 2.45) is 11.8 Å². The van der Waals surface area contributed by atoms with Gasteiger partial charge < -0.3 is 9.47 Å². The second kappa shape index (κ2) is 3.05. The highest BCUT2D eigenvalue weighted by Gasteiger charge is 2.50. The number of rotatable bonds is 2. The fraction of sp³-hybridized carbons (Fsp3) is 0.700. The lowest BCUT2D eigenvalue weighted by Gasteiger charge is -2.32. The van der Waals surface area contributed by atoms with E-state index in [1.54, 1.807) is 0 Å². The molecule has 0 N–H and O–H groups in total. The predicted octanol–water partition coefficient (Wildman–Crippen LogP) is 0.418. The van der Waals surface area contributed by atoms with Gasteiger partial charge >= 0.3 is 11.9 Å². The third kappa shape index (κ3) is 1.86. The van der Waals surface area contributed by atoms with Crippen LogP contribution in [0, 0.1) is 11.8 Å². The smallest absolute Gasteiger partial charge is 0.331 e. The molecule has 5 nitrogen and oxygen atoms in total. The highest BCUT2D eigenvalue weighted by Crippen LogP contribution is 2.35. The highest BCUT2D eigenvalue weighted by molar-refractivity contribution is 6.17. The molecule has 1 heterocycles. The quantitative estimate of drug-likeness (QED) is 0.490. The molecule has 82 valence electrons. The number of ketones is 1. The molecule has 0 amide bonds. The molecule has 1 saturated carbocycles. The van der Waals surface area contributed by atoms with E-state index in [9.17, 15) is 14.4 Å². The number of esters is 2. The van der Waals surface area contributed by atoms with Crippen LogP contribution in [0.4, 0.5) is 0 Å². The van der Waals surface area contributed by atoms with E-state index in [1.165, 1.54) is 13.8 Å². The van der Waals surface area contributed by atoms with Gasteiger partial charge in [-0.05, 0) is 12.8 Å². The molecule has 1 aliphatic carbocycles. The lowest BCUT2D eigenvalue weighted by molar-refractivity contribution is -0.238. The van der Waals surface area contributed by atoms with Crippen LogP contribution >= 0.6 is 0 Å². The Morgan fingerprint density at radius 2 is 1.67 bits per heavy atom. The fourth-order valence-electron chi connectivity index (χ4n) is 1.56. The van der Waals surface area contributed by atoms with Crippen LogP contribution in [0.15, 0.2) is 0 Å². The summed E-state index contributed by atoms with van der Waals surface area (Å²) in [6.07, 6.45) is 1.50. The van der Waals surface area contributed by atoms with E-state index < -0.39 is 23.6 Å². The largest absolute Gasteiger partial charge is 0.422 e. The second-order valence-electron chi connectivity index (χ2n) is 4.35. The third-order valence-corrected chi connectivity index (χ3v) is 2.43. The molecular weight excluding hydrogens is 200 g/mol. The van der Waals surface area contributed by atoms with Crippen molar-refractivity contribution in [3.63, 3.8) is 0 Å². The third-order valence-electron chi connectivity index (χ3n) is 2.43. The van der Waals surface area contributed by atoms with Crippen LogP contribution in [0.3, 0.4) is 0 Å². The van der Waals surface area contributed by atoms with Crippen molar-refractivity contribution in [3.8, 4) is 0 Å². The number of hydrogen-bond donors (Lipinski definition) is 0. The van der Waals surface area contributed by atoms with Crippen molar-refractivity contribution in [2.75, 3.05) is 0 Å². The Kier molecular flexibility index (Phi) is 2.06.